The van der Waals surface area contributed by atoms with E-state index in [1.165, 1.54) is 11.8 Å². The standard InChI is InChI=1S/C15H17N5O2S/c1-3-8-19-13(22)10-6-4-5-7-11(10)20-14(19)17-18-15(20)23-9-12(21)16-2/h4-7H,3,8-9H2,1-2H3,(H,16,21). The molecule has 0 atom stereocenters. The molecule has 1 aromatic carbocycles. The van der Waals surface area contributed by atoms with E-state index in [9.17, 15) is 9.59 Å². The smallest absolute Gasteiger partial charge is 0.262 e. The Bertz CT molecular complexity index is 931. The molecule has 7 nitrogen and oxygen atoms in total. The van der Waals surface area contributed by atoms with E-state index in [0.717, 1.165) is 11.9 Å². The lowest BCUT2D eigenvalue weighted by molar-refractivity contribution is -0.118. The minimum Gasteiger partial charge on any atom is -0.358 e. The fourth-order valence-electron chi connectivity index (χ4n) is 2.45. The monoisotopic (exact) mass is 331 g/mol. The van der Waals surface area contributed by atoms with Crippen LogP contribution in [0.15, 0.2) is 34.2 Å². The summed E-state index contributed by atoms with van der Waals surface area (Å²) in [6.45, 7) is 2.58. The van der Waals surface area contributed by atoms with E-state index in [1.54, 1.807) is 17.7 Å². The van der Waals surface area contributed by atoms with E-state index < -0.39 is 0 Å². The number of para-hydroxylation sites is 1. The van der Waals surface area contributed by atoms with Crippen molar-refractivity contribution in [2.75, 3.05) is 12.8 Å². The van der Waals surface area contributed by atoms with Gasteiger partial charge in [0.25, 0.3) is 5.56 Å². The maximum atomic E-state index is 12.7. The van der Waals surface area contributed by atoms with Gasteiger partial charge in [0.05, 0.1) is 16.7 Å². The van der Waals surface area contributed by atoms with Crippen LogP contribution in [0.4, 0.5) is 0 Å². The van der Waals surface area contributed by atoms with Crippen LogP contribution in [0, 0.1) is 0 Å². The van der Waals surface area contributed by atoms with Crippen molar-refractivity contribution in [3.05, 3.63) is 34.6 Å². The molecule has 120 valence electrons. The van der Waals surface area contributed by atoms with Crippen LogP contribution in [0.2, 0.25) is 0 Å². The summed E-state index contributed by atoms with van der Waals surface area (Å²) in [6.07, 6.45) is 0.821. The topological polar surface area (TPSA) is 81.3 Å². The van der Waals surface area contributed by atoms with Crippen molar-refractivity contribution >= 4 is 34.3 Å². The van der Waals surface area contributed by atoms with Gasteiger partial charge in [-0.05, 0) is 18.6 Å². The highest BCUT2D eigenvalue weighted by Gasteiger charge is 2.16. The van der Waals surface area contributed by atoms with Crippen molar-refractivity contribution in [2.45, 2.75) is 25.0 Å². The molecule has 3 rings (SSSR count). The van der Waals surface area contributed by atoms with E-state index in [-0.39, 0.29) is 17.2 Å². The number of nitrogens with one attached hydrogen (secondary N) is 1. The maximum Gasteiger partial charge on any atom is 0.262 e. The normalized spacial score (nSPS) is 11.2. The number of nitrogens with zero attached hydrogens (tertiary/aromatic N) is 4. The van der Waals surface area contributed by atoms with E-state index in [2.05, 4.69) is 15.5 Å². The number of rotatable bonds is 5. The lowest BCUT2D eigenvalue weighted by Crippen LogP contribution is -2.23. The number of aromatic nitrogens is 4. The molecule has 0 aliphatic rings. The molecule has 0 bridgehead atoms. The highest BCUT2D eigenvalue weighted by molar-refractivity contribution is 7.99. The van der Waals surface area contributed by atoms with Gasteiger partial charge in [-0.2, -0.15) is 0 Å². The molecule has 2 aromatic heterocycles. The zero-order valence-corrected chi connectivity index (χ0v) is 13.8. The average Bonchev–Trinajstić information content (AvgIpc) is 3.00. The van der Waals surface area contributed by atoms with Crippen molar-refractivity contribution in [1.29, 1.82) is 0 Å². The number of carbonyl (C=O) groups is 1. The van der Waals surface area contributed by atoms with Crippen LogP contribution in [0.5, 0.6) is 0 Å². The number of hydrogen-bond acceptors (Lipinski definition) is 5. The molecule has 0 saturated carbocycles. The Kier molecular flexibility index (Phi) is 4.33. The summed E-state index contributed by atoms with van der Waals surface area (Å²) >= 11 is 1.30. The van der Waals surface area contributed by atoms with Crippen molar-refractivity contribution in [3.63, 3.8) is 0 Å². The molecule has 0 spiro atoms. The van der Waals surface area contributed by atoms with Gasteiger partial charge in [0.2, 0.25) is 11.7 Å². The van der Waals surface area contributed by atoms with Crippen molar-refractivity contribution in [2.24, 2.45) is 0 Å². The van der Waals surface area contributed by atoms with Gasteiger partial charge in [0.15, 0.2) is 5.16 Å². The SMILES string of the molecule is CCCn1c(=O)c2ccccc2n2c(SCC(=O)NC)nnc12. The summed E-state index contributed by atoms with van der Waals surface area (Å²) in [7, 11) is 1.60. The molecule has 0 saturated heterocycles. The summed E-state index contributed by atoms with van der Waals surface area (Å²) in [5.41, 5.74) is 0.689. The maximum absolute atomic E-state index is 12.7. The minimum absolute atomic E-state index is 0.0646. The zero-order chi connectivity index (χ0) is 16.4. The van der Waals surface area contributed by atoms with E-state index >= 15 is 0 Å². The Morgan fingerprint density at radius 3 is 2.83 bits per heavy atom. The van der Waals surface area contributed by atoms with Gasteiger partial charge in [0.1, 0.15) is 0 Å². The summed E-state index contributed by atoms with van der Waals surface area (Å²) in [4.78, 5) is 24.2. The lowest BCUT2D eigenvalue weighted by Gasteiger charge is -2.10. The molecular formula is C15H17N5O2S. The van der Waals surface area contributed by atoms with Gasteiger partial charge < -0.3 is 5.32 Å². The van der Waals surface area contributed by atoms with Gasteiger partial charge in [-0.3, -0.25) is 18.6 Å². The third kappa shape index (κ3) is 2.70. The van der Waals surface area contributed by atoms with Crippen LogP contribution in [0.3, 0.4) is 0 Å². The Morgan fingerprint density at radius 2 is 2.09 bits per heavy atom. The second-order valence-electron chi connectivity index (χ2n) is 5.05. The molecule has 2 heterocycles. The van der Waals surface area contributed by atoms with Gasteiger partial charge in [-0.25, -0.2) is 0 Å². The predicted octanol–water partition coefficient (Wildman–Crippen LogP) is 1.29. The Hall–Kier alpha value is -2.35. The highest BCUT2D eigenvalue weighted by Crippen LogP contribution is 2.21. The van der Waals surface area contributed by atoms with Crippen LogP contribution in [-0.4, -0.2) is 37.9 Å². The number of hydrogen-bond donors (Lipinski definition) is 1. The van der Waals surface area contributed by atoms with Crippen molar-refractivity contribution in [3.8, 4) is 0 Å². The number of fused-ring (bicyclic) bond motifs is 3. The predicted molar refractivity (Wildman–Crippen MR) is 89.8 cm³/mol. The van der Waals surface area contributed by atoms with Gasteiger partial charge in [-0.1, -0.05) is 30.8 Å². The van der Waals surface area contributed by atoms with Crippen LogP contribution >= 0.6 is 11.8 Å². The molecular weight excluding hydrogens is 314 g/mol. The van der Waals surface area contributed by atoms with E-state index in [0.29, 0.717) is 22.9 Å². The summed E-state index contributed by atoms with van der Waals surface area (Å²) in [6, 6.07) is 7.38. The summed E-state index contributed by atoms with van der Waals surface area (Å²) < 4.78 is 3.49. The van der Waals surface area contributed by atoms with Crippen molar-refractivity contribution < 1.29 is 4.79 Å². The van der Waals surface area contributed by atoms with Gasteiger partial charge in [0, 0.05) is 13.6 Å². The number of aryl methyl sites for hydroxylation is 1. The molecule has 1 amide bonds. The van der Waals surface area contributed by atoms with Crippen LogP contribution in [-0.2, 0) is 11.3 Å². The van der Waals surface area contributed by atoms with Gasteiger partial charge in [-0.15, -0.1) is 10.2 Å². The number of amides is 1. The first-order valence-electron chi connectivity index (χ1n) is 7.37. The van der Waals surface area contributed by atoms with Crippen LogP contribution in [0.1, 0.15) is 13.3 Å². The second kappa shape index (κ2) is 6.41. The minimum atomic E-state index is -0.0852. The molecule has 3 aromatic rings. The third-order valence-corrected chi connectivity index (χ3v) is 4.47. The number of thioether (sulfide) groups is 1. The largest absolute Gasteiger partial charge is 0.358 e. The average molecular weight is 331 g/mol. The van der Waals surface area contributed by atoms with Crippen LogP contribution < -0.4 is 10.9 Å². The molecule has 1 N–H and O–H groups in total. The third-order valence-electron chi connectivity index (χ3n) is 3.54. The molecule has 0 unspecified atom stereocenters. The number of carbonyl (C=O) groups excluding carboxylic acids is 1. The fraction of sp³-hybridized carbons (Fsp3) is 0.333. The quantitative estimate of drug-likeness (QED) is 0.713. The first-order valence-corrected chi connectivity index (χ1v) is 8.36. The molecule has 8 heteroatoms. The molecule has 23 heavy (non-hydrogen) atoms. The van der Waals surface area contributed by atoms with Gasteiger partial charge >= 0.3 is 0 Å². The van der Waals surface area contributed by atoms with E-state index in [1.807, 2.05) is 29.5 Å². The summed E-state index contributed by atoms with van der Waals surface area (Å²) in [5, 5.41) is 12.2. The first-order chi connectivity index (χ1) is 11.2. The Balaban J connectivity index is 2.25. The van der Waals surface area contributed by atoms with E-state index in [4.69, 9.17) is 0 Å². The number of benzene rings is 1. The fourth-order valence-corrected chi connectivity index (χ4v) is 3.27. The molecule has 0 radical (unpaired) electrons. The second-order valence-corrected chi connectivity index (χ2v) is 6.00. The van der Waals surface area contributed by atoms with Crippen molar-refractivity contribution in [1.82, 2.24) is 24.5 Å². The van der Waals surface area contributed by atoms with Crippen LogP contribution in [0.25, 0.3) is 16.7 Å². The Morgan fingerprint density at radius 1 is 1.30 bits per heavy atom. The first kappa shape index (κ1) is 15.5. The molecule has 0 aliphatic heterocycles. The lowest BCUT2D eigenvalue weighted by atomic mass is 10.2. The highest BCUT2D eigenvalue weighted by atomic mass is 32.2. The molecule has 0 fully saturated rings. The molecule has 0 aliphatic carbocycles. The summed E-state index contributed by atoms with van der Waals surface area (Å²) in [5.74, 6) is 0.673. The Labute approximate surface area is 136 Å². The zero-order valence-electron chi connectivity index (χ0n) is 12.9.